The number of methoxy groups -OCH3 is 1. The summed E-state index contributed by atoms with van der Waals surface area (Å²) in [5, 5.41) is 15.8. The summed E-state index contributed by atoms with van der Waals surface area (Å²) in [7, 11) is 1.61. The number of carboxylic acids is 1. The summed E-state index contributed by atoms with van der Waals surface area (Å²) in [5.74, 6) is -1.05. The summed E-state index contributed by atoms with van der Waals surface area (Å²) in [6.07, 6.45) is 0.677. The van der Waals surface area contributed by atoms with Gasteiger partial charge in [0.1, 0.15) is 6.54 Å². The minimum atomic E-state index is -0.903. The monoisotopic (exact) mass is 283 g/mol. The predicted molar refractivity (Wildman–Crippen MR) is 72.5 cm³/mol. The standard InChI is InChI=1S/C13H21N3O4/c1-9-11(7-13(18)19)10(2)16(15-9)8-12(17)14-5-4-6-20-3/h4-8H2,1-3H3,(H,14,17)(H,18,19). The van der Waals surface area contributed by atoms with E-state index in [4.69, 9.17) is 9.84 Å². The van der Waals surface area contributed by atoms with Crippen LogP contribution in [0.4, 0.5) is 0 Å². The first-order valence-corrected chi connectivity index (χ1v) is 6.46. The van der Waals surface area contributed by atoms with Crippen molar-refractivity contribution >= 4 is 11.9 Å². The largest absolute Gasteiger partial charge is 0.481 e. The second-order valence-corrected chi connectivity index (χ2v) is 4.57. The highest BCUT2D eigenvalue weighted by Gasteiger charge is 2.15. The third-order valence-electron chi connectivity index (χ3n) is 3.00. The van der Waals surface area contributed by atoms with Crippen molar-refractivity contribution in [3.8, 4) is 0 Å². The number of hydrogen-bond acceptors (Lipinski definition) is 4. The molecule has 0 radical (unpaired) electrons. The molecule has 20 heavy (non-hydrogen) atoms. The smallest absolute Gasteiger partial charge is 0.307 e. The average molecular weight is 283 g/mol. The molecule has 0 aliphatic carbocycles. The molecule has 0 atom stereocenters. The summed E-state index contributed by atoms with van der Waals surface area (Å²) in [6.45, 7) is 4.77. The van der Waals surface area contributed by atoms with Crippen molar-refractivity contribution in [1.29, 1.82) is 0 Å². The van der Waals surface area contributed by atoms with Gasteiger partial charge in [-0.05, 0) is 20.3 Å². The Hall–Kier alpha value is -1.89. The lowest BCUT2D eigenvalue weighted by molar-refractivity contribution is -0.136. The van der Waals surface area contributed by atoms with Crippen LogP contribution in [0.1, 0.15) is 23.4 Å². The Kier molecular flexibility index (Phi) is 6.17. The van der Waals surface area contributed by atoms with E-state index in [1.165, 1.54) is 0 Å². The van der Waals surface area contributed by atoms with Crippen LogP contribution >= 0.6 is 0 Å². The molecule has 0 saturated carbocycles. The van der Waals surface area contributed by atoms with Gasteiger partial charge in [0.15, 0.2) is 0 Å². The zero-order chi connectivity index (χ0) is 15.1. The number of carbonyl (C=O) groups excluding carboxylic acids is 1. The number of carbonyl (C=O) groups is 2. The van der Waals surface area contributed by atoms with Crippen LogP contribution in [0.15, 0.2) is 0 Å². The van der Waals surface area contributed by atoms with Gasteiger partial charge < -0.3 is 15.2 Å². The molecule has 2 N–H and O–H groups in total. The van der Waals surface area contributed by atoms with Crippen LogP contribution < -0.4 is 5.32 Å². The lowest BCUT2D eigenvalue weighted by atomic mass is 10.1. The van der Waals surface area contributed by atoms with Crippen LogP contribution in [0, 0.1) is 13.8 Å². The molecule has 0 aliphatic rings. The number of rotatable bonds is 8. The topological polar surface area (TPSA) is 93.5 Å². The Morgan fingerprint density at radius 1 is 1.40 bits per heavy atom. The first kappa shape index (κ1) is 16.2. The molecule has 7 heteroatoms. The average Bonchev–Trinajstić information content (AvgIpc) is 2.62. The number of amides is 1. The Morgan fingerprint density at radius 3 is 2.70 bits per heavy atom. The molecule has 7 nitrogen and oxygen atoms in total. The van der Waals surface area contributed by atoms with Gasteiger partial charge in [0, 0.05) is 31.5 Å². The number of carboxylic acid groups (broad SMARTS) is 1. The lowest BCUT2D eigenvalue weighted by Crippen LogP contribution is -2.29. The zero-order valence-electron chi connectivity index (χ0n) is 12.1. The van der Waals surface area contributed by atoms with Crippen molar-refractivity contribution in [3.63, 3.8) is 0 Å². The molecule has 0 fully saturated rings. The zero-order valence-corrected chi connectivity index (χ0v) is 12.1. The van der Waals surface area contributed by atoms with E-state index in [1.807, 2.05) is 0 Å². The maximum atomic E-state index is 11.7. The van der Waals surface area contributed by atoms with Crippen LogP contribution in [-0.4, -0.2) is 47.0 Å². The first-order valence-electron chi connectivity index (χ1n) is 6.46. The fraction of sp³-hybridized carbons (Fsp3) is 0.615. The summed E-state index contributed by atoms with van der Waals surface area (Å²) in [5.41, 5.74) is 2.04. The van der Waals surface area contributed by atoms with E-state index in [2.05, 4.69) is 10.4 Å². The molecular weight excluding hydrogens is 262 g/mol. The van der Waals surface area contributed by atoms with Crippen LogP contribution in [-0.2, 0) is 27.3 Å². The van der Waals surface area contributed by atoms with Crippen molar-refractivity contribution in [3.05, 3.63) is 17.0 Å². The Labute approximate surface area is 117 Å². The second kappa shape index (κ2) is 7.64. The molecule has 1 amide bonds. The van der Waals surface area contributed by atoms with Gasteiger partial charge in [-0.25, -0.2) is 0 Å². The molecular formula is C13H21N3O4. The van der Waals surface area contributed by atoms with E-state index >= 15 is 0 Å². The minimum absolute atomic E-state index is 0.0763. The van der Waals surface area contributed by atoms with Crippen LogP contribution in [0.3, 0.4) is 0 Å². The van der Waals surface area contributed by atoms with Crippen molar-refractivity contribution in [2.45, 2.75) is 33.2 Å². The van der Waals surface area contributed by atoms with Crippen LogP contribution in [0.5, 0.6) is 0 Å². The van der Waals surface area contributed by atoms with Crippen molar-refractivity contribution in [2.75, 3.05) is 20.3 Å². The van der Waals surface area contributed by atoms with Gasteiger partial charge in [0.05, 0.1) is 12.1 Å². The summed E-state index contributed by atoms with van der Waals surface area (Å²) in [4.78, 5) is 22.5. The Balaban J connectivity index is 2.59. The van der Waals surface area contributed by atoms with E-state index in [1.54, 1.807) is 25.6 Å². The van der Waals surface area contributed by atoms with Gasteiger partial charge >= 0.3 is 5.97 Å². The van der Waals surface area contributed by atoms with E-state index < -0.39 is 5.97 Å². The summed E-state index contributed by atoms with van der Waals surface area (Å²) in [6, 6.07) is 0. The maximum absolute atomic E-state index is 11.7. The second-order valence-electron chi connectivity index (χ2n) is 4.57. The van der Waals surface area contributed by atoms with Crippen molar-refractivity contribution in [2.24, 2.45) is 0 Å². The van der Waals surface area contributed by atoms with E-state index in [9.17, 15) is 9.59 Å². The Morgan fingerprint density at radius 2 is 2.10 bits per heavy atom. The molecule has 0 aromatic carbocycles. The molecule has 0 aliphatic heterocycles. The third kappa shape index (κ3) is 4.65. The van der Waals surface area contributed by atoms with Gasteiger partial charge in [-0.3, -0.25) is 14.3 Å². The van der Waals surface area contributed by atoms with Crippen LogP contribution in [0.25, 0.3) is 0 Å². The summed E-state index contributed by atoms with van der Waals surface area (Å²) < 4.78 is 6.43. The number of aliphatic carboxylic acids is 1. The summed E-state index contributed by atoms with van der Waals surface area (Å²) >= 11 is 0. The molecule has 0 saturated heterocycles. The van der Waals surface area contributed by atoms with Gasteiger partial charge in [-0.15, -0.1) is 0 Å². The number of nitrogens with one attached hydrogen (secondary N) is 1. The fourth-order valence-electron chi connectivity index (χ4n) is 1.93. The van der Waals surface area contributed by atoms with E-state index in [0.717, 1.165) is 12.1 Å². The number of aryl methyl sites for hydroxylation is 1. The quantitative estimate of drug-likeness (QED) is 0.668. The van der Waals surface area contributed by atoms with Crippen LogP contribution in [0.2, 0.25) is 0 Å². The molecule has 1 aromatic heterocycles. The van der Waals surface area contributed by atoms with Crippen molar-refractivity contribution in [1.82, 2.24) is 15.1 Å². The highest BCUT2D eigenvalue weighted by molar-refractivity contribution is 5.76. The van der Waals surface area contributed by atoms with Gasteiger partial charge in [-0.1, -0.05) is 0 Å². The fourth-order valence-corrected chi connectivity index (χ4v) is 1.93. The van der Waals surface area contributed by atoms with Crippen molar-refractivity contribution < 1.29 is 19.4 Å². The van der Waals surface area contributed by atoms with Gasteiger partial charge in [0.2, 0.25) is 5.91 Å². The maximum Gasteiger partial charge on any atom is 0.307 e. The lowest BCUT2D eigenvalue weighted by Gasteiger charge is -2.06. The molecule has 1 rings (SSSR count). The SMILES string of the molecule is COCCCNC(=O)Cn1nc(C)c(CC(=O)O)c1C. The Bertz CT molecular complexity index is 482. The van der Waals surface area contributed by atoms with Gasteiger partial charge in [0.25, 0.3) is 0 Å². The molecule has 112 valence electrons. The number of aromatic nitrogens is 2. The molecule has 1 aromatic rings. The van der Waals surface area contributed by atoms with E-state index in [-0.39, 0.29) is 18.9 Å². The highest BCUT2D eigenvalue weighted by atomic mass is 16.5. The molecule has 0 bridgehead atoms. The number of nitrogens with zero attached hydrogens (tertiary/aromatic N) is 2. The van der Waals surface area contributed by atoms with Gasteiger partial charge in [-0.2, -0.15) is 5.10 Å². The minimum Gasteiger partial charge on any atom is -0.481 e. The number of ether oxygens (including phenoxy) is 1. The molecule has 0 unspecified atom stereocenters. The molecule has 1 heterocycles. The first-order chi connectivity index (χ1) is 9.45. The normalized spacial score (nSPS) is 10.6. The number of hydrogen-bond donors (Lipinski definition) is 2. The third-order valence-corrected chi connectivity index (χ3v) is 3.00. The predicted octanol–water partition coefficient (Wildman–Crippen LogP) is 0.280. The molecule has 0 spiro atoms. The van der Waals surface area contributed by atoms with E-state index in [0.29, 0.717) is 24.4 Å². The highest BCUT2D eigenvalue weighted by Crippen LogP contribution is 2.13.